The van der Waals surface area contributed by atoms with Crippen LogP contribution < -0.4 is 14.8 Å². The number of nitrogens with zero attached hydrogens (tertiary/aromatic N) is 2. The van der Waals surface area contributed by atoms with Crippen molar-refractivity contribution in [2.45, 2.75) is 11.4 Å². The Morgan fingerprint density at radius 1 is 1.03 bits per heavy atom. The summed E-state index contributed by atoms with van der Waals surface area (Å²) in [6.45, 7) is 4.10. The number of hydrogen-bond acceptors (Lipinski definition) is 6. The van der Waals surface area contributed by atoms with Crippen LogP contribution in [-0.4, -0.2) is 60.3 Å². The van der Waals surface area contributed by atoms with E-state index in [-0.39, 0.29) is 18.6 Å². The van der Waals surface area contributed by atoms with Crippen molar-refractivity contribution in [1.29, 1.82) is 0 Å². The van der Waals surface area contributed by atoms with Crippen molar-refractivity contribution < 1.29 is 19.1 Å². The Hall–Kier alpha value is -2.71. The van der Waals surface area contributed by atoms with Crippen LogP contribution >= 0.6 is 11.8 Å². The highest BCUT2D eigenvalue weighted by Gasteiger charge is 2.24. The summed E-state index contributed by atoms with van der Waals surface area (Å²) in [5.74, 6) is 2.01. The lowest BCUT2D eigenvalue weighted by atomic mass is 10.1. The van der Waals surface area contributed by atoms with Crippen LogP contribution in [0, 0.1) is 0 Å². The van der Waals surface area contributed by atoms with Gasteiger partial charge in [-0.05, 0) is 35.9 Å². The number of fused-ring (bicyclic) bond motifs is 2. The monoisotopic (exact) mass is 411 g/mol. The van der Waals surface area contributed by atoms with Gasteiger partial charge in [0.2, 0.25) is 12.7 Å². The van der Waals surface area contributed by atoms with Crippen molar-refractivity contribution in [2.75, 3.05) is 44.0 Å². The Balaban J connectivity index is 1.20. The fourth-order valence-corrected chi connectivity index (χ4v) is 4.59. The highest BCUT2D eigenvalue weighted by molar-refractivity contribution is 8.00. The van der Waals surface area contributed by atoms with E-state index in [2.05, 4.69) is 16.3 Å². The lowest BCUT2D eigenvalue weighted by Crippen LogP contribution is -2.48. The van der Waals surface area contributed by atoms with Crippen molar-refractivity contribution in [3.05, 3.63) is 47.5 Å². The van der Waals surface area contributed by atoms with Crippen LogP contribution in [-0.2, 0) is 11.3 Å². The number of amides is 2. The molecule has 0 aliphatic carbocycles. The summed E-state index contributed by atoms with van der Waals surface area (Å²) in [6, 6.07) is 11.6. The quantitative estimate of drug-likeness (QED) is 0.837. The maximum atomic E-state index is 12.9. The molecule has 0 aromatic heterocycles. The molecule has 5 rings (SSSR count). The lowest BCUT2D eigenvalue weighted by Gasteiger charge is -2.35. The maximum absolute atomic E-state index is 12.9. The summed E-state index contributed by atoms with van der Waals surface area (Å²) in [5, 5.41) is 2.85. The normalized spacial score (nSPS) is 18.3. The van der Waals surface area contributed by atoms with Gasteiger partial charge in [0, 0.05) is 43.2 Å². The third-order valence-corrected chi connectivity index (χ3v) is 6.44. The first-order valence-electron chi connectivity index (χ1n) is 9.62. The first kappa shape index (κ1) is 18.3. The second-order valence-corrected chi connectivity index (χ2v) is 8.32. The number of hydrogen-bond donors (Lipinski definition) is 1. The molecule has 2 amide bonds. The van der Waals surface area contributed by atoms with Crippen molar-refractivity contribution in [2.24, 2.45) is 0 Å². The van der Waals surface area contributed by atoms with Gasteiger partial charge < -0.3 is 19.7 Å². The minimum absolute atomic E-state index is 0.0142. The summed E-state index contributed by atoms with van der Waals surface area (Å²) < 4.78 is 10.8. The molecular weight excluding hydrogens is 390 g/mol. The van der Waals surface area contributed by atoms with E-state index in [0.29, 0.717) is 24.4 Å². The van der Waals surface area contributed by atoms with Crippen molar-refractivity contribution in [1.82, 2.24) is 9.80 Å². The third-order valence-electron chi connectivity index (χ3n) is 5.36. The Kier molecular flexibility index (Phi) is 4.81. The average Bonchev–Trinajstić information content (AvgIpc) is 3.21. The van der Waals surface area contributed by atoms with E-state index in [1.807, 2.05) is 29.2 Å². The highest BCUT2D eigenvalue weighted by Crippen LogP contribution is 2.33. The highest BCUT2D eigenvalue weighted by atomic mass is 32.2. The third kappa shape index (κ3) is 3.77. The summed E-state index contributed by atoms with van der Waals surface area (Å²) >= 11 is 1.50. The number of ether oxygens (including phenoxy) is 2. The average molecular weight is 411 g/mol. The minimum Gasteiger partial charge on any atom is -0.454 e. The van der Waals surface area contributed by atoms with Crippen LogP contribution in [0.25, 0.3) is 0 Å². The van der Waals surface area contributed by atoms with Crippen LogP contribution in [0.15, 0.2) is 41.3 Å². The molecule has 0 bridgehead atoms. The summed E-state index contributed by atoms with van der Waals surface area (Å²) in [6.07, 6.45) is 0. The molecule has 1 N–H and O–H groups in total. The van der Waals surface area contributed by atoms with Gasteiger partial charge in [-0.2, -0.15) is 0 Å². The number of piperazine rings is 1. The lowest BCUT2D eigenvalue weighted by molar-refractivity contribution is -0.113. The van der Waals surface area contributed by atoms with Crippen LogP contribution in [0.3, 0.4) is 0 Å². The SMILES string of the molecule is O=C1CSc2ccc(C(=O)N3CCN(Cc4ccc5c(c4)OCO5)CC3)cc2N1. The molecule has 7 nitrogen and oxygen atoms in total. The van der Waals surface area contributed by atoms with E-state index in [1.54, 1.807) is 6.07 Å². The molecule has 1 saturated heterocycles. The Labute approximate surface area is 172 Å². The maximum Gasteiger partial charge on any atom is 0.254 e. The van der Waals surface area contributed by atoms with Crippen LogP contribution in [0.4, 0.5) is 5.69 Å². The zero-order valence-corrected chi connectivity index (χ0v) is 16.7. The number of carbonyl (C=O) groups excluding carboxylic acids is 2. The van der Waals surface area contributed by atoms with Crippen molar-refractivity contribution in [3.8, 4) is 11.5 Å². The van der Waals surface area contributed by atoms with Gasteiger partial charge in [-0.3, -0.25) is 14.5 Å². The van der Waals surface area contributed by atoms with E-state index >= 15 is 0 Å². The van der Waals surface area contributed by atoms with Gasteiger partial charge in [0.15, 0.2) is 11.5 Å². The van der Waals surface area contributed by atoms with E-state index in [9.17, 15) is 9.59 Å². The summed E-state index contributed by atoms with van der Waals surface area (Å²) in [4.78, 5) is 29.8. The van der Waals surface area contributed by atoms with Gasteiger partial charge in [-0.25, -0.2) is 0 Å². The van der Waals surface area contributed by atoms with E-state index in [0.717, 1.165) is 41.7 Å². The zero-order chi connectivity index (χ0) is 19.8. The molecular formula is C21H21N3O4S. The molecule has 0 spiro atoms. The topological polar surface area (TPSA) is 71.1 Å². The van der Waals surface area contributed by atoms with Gasteiger partial charge in [-0.15, -0.1) is 11.8 Å². The number of anilines is 1. The fourth-order valence-electron chi connectivity index (χ4n) is 3.81. The standard InChI is InChI=1S/C21H21N3O4S/c25-20-12-29-19-4-2-15(10-16(19)22-20)21(26)24-7-5-23(6-8-24)11-14-1-3-17-18(9-14)28-13-27-17/h1-4,9-10H,5-8,11-13H2,(H,22,25). The molecule has 8 heteroatoms. The number of rotatable bonds is 3. The molecule has 1 fully saturated rings. The summed E-state index contributed by atoms with van der Waals surface area (Å²) in [5.41, 5.74) is 2.53. The molecule has 0 unspecified atom stereocenters. The first-order chi connectivity index (χ1) is 14.2. The molecule has 0 atom stereocenters. The van der Waals surface area contributed by atoms with Gasteiger partial charge in [0.1, 0.15) is 0 Å². The Morgan fingerprint density at radius 3 is 2.72 bits per heavy atom. The van der Waals surface area contributed by atoms with Crippen LogP contribution in [0.2, 0.25) is 0 Å². The van der Waals surface area contributed by atoms with Gasteiger partial charge in [-0.1, -0.05) is 6.07 Å². The molecule has 2 aromatic carbocycles. The molecule has 3 aliphatic heterocycles. The molecule has 2 aromatic rings. The predicted molar refractivity (Wildman–Crippen MR) is 110 cm³/mol. The second-order valence-electron chi connectivity index (χ2n) is 7.30. The van der Waals surface area contributed by atoms with Crippen molar-refractivity contribution >= 4 is 29.3 Å². The van der Waals surface area contributed by atoms with E-state index in [4.69, 9.17) is 9.47 Å². The smallest absolute Gasteiger partial charge is 0.254 e. The number of thioether (sulfide) groups is 1. The largest absolute Gasteiger partial charge is 0.454 e. The molecule has 0 radical (unpaired) electrons. The molecule has 3 aliphatic rings. The van der Waals surface area contributed by atoms with E-state index < -0.39 is 0 Å². The Bertz CT molecular complexity index is 972. The first-order valence-corrected chi connectivity index (χ1v) is 10.6. The molecule has 150 valence electrons. The minimum atomic E-state index is -0.0239. The van der Waals surface area contributed by atoms with Crippen LogP contribution in [0.1, 0.15) is 15.9 Å². The van der Waals surface area contributed by atoms with Gasteiger partial charge >= 0.3 is 0 Å². The number of benzene rings is 2. The predicted octanol–water partition coefficient (Wildman–Crippen LogP) is 2.42. The van der Waals surface area contributed by atoms with E-state index in [1.165, 1.54) is 17.3 Å². The summed E-state index contributed by atoms with van der Waals surface area (Å²) in [7, 11) is 0. The number of nitrogens with one attached hydrogen (secondary N) is 1. The van der Waals surface area contributed by atoms with Crippen molar-refractivity contribution in [3.63, 3.8) is 0 Å². The fraction of sp³-hybridized carbons (Fsp3) is 0.333. The molecule has 0 saturated carbocycles. The molecule has 29 heavy (non-hydrogen) atoms. The van der Waals surface area contributed by atoms with Gasteiger partial charge in [0.05, 0.1) is 11.4 Å². The second kappa shape index (κ2) is 7.61. The number of carbonyl (C=O) groups is 2. The zero-order valence-electron chi connectivity index (χ0n) is 15.8. The van der Waals surface area contributed by atoms with Crippen LogP contribution in [0.5, 0.6) is 11.5 Å². The Morgan fingerprint density at radius 2 is 1.86 bits per heavy atom. The molecule has 3 heterocycles. The van der Waals surface area contributed by atoms with Gasteiger partial charge in [0.25, 0.3) is 5.91 Å².